The second-order valence-electron chi connectivity index (χ2n) is 5.55. The Balaban J connectivity index is 1.71. The molecule has 0 bridgehead atoms. The minimum atomic E-state index is -0.762. The predicted octanol–water partition coefficient (Wildman–Crippen LogP) is 1.01. The fourth-order valence-electron chi connectivity index (χ4n) is 2.59. The molecule has 2 aromatic rings. The number of nitrogens with one attached hydrogen (secondary N) is 1. The van der Waals surface area contributed by atoms with Crippen LogP contribution >= 0.6 is 12.9 Å². The van der Waals surface area contributed by atoms with E-state index in [2.05, 4.69) is 27.4 Å². The van der Waals surface area contributed by atoms with Crippen LogP contribution in [0.3, 0.4) is 0 Å². The number of rotatable bonds is 5. The Hall–Kier alpha value is -2.20. The standard InChI is InChI=1S/C16H17N3O5S/c20-11-8-14(24-12(11)9-23-25)19-7-6-13(18-16(19)22)17-15(21)10-4-2-1-3-5-10/h1-7,11-12,14,20,25H,8-9H2,(H,17,18,21,22)/t11-,12+,14+/m0/s1. The number of ether oxygens (including phenoxy) is 1. The molecule has 3 atom stereocenters. The van der Waals surface area contributed by atoms with Gasteiger partial charge in [-0.05, 0) is 31.1 Å². The first-order chi connectivity index (χ1) is 12.1. The number of anilines is 1. The molecule has 0 spiro atoms. The monoisotopic (exact) mass is 363 g/mol. The summed E-state index contributed by atoms with van der Waals surface area (Å²) < 4.78 is 11.5. The van der Waals surface area contributed by atoms with Gasteiger partial charge in [0.15, 0.2) is 0 Å². The highest BCUT2D eigenvalue weighted by Gasteiger charge is 2.35. The Bertz CT molecular complexity index is 798. The molecule has 0 saturated carbocycles. The fourth-order valence-corrected chi connectivity index (χ4v) is 2.74. The molecule has 25 heavy (non-hydrogen) atoms. The molecule has 1 fully saturated rings. The van der Waals surface area contributed by atoms with Crippen LogP contribution in [-0.4, -0.2) is 39.4 Å². The number of hydrogen-bond donors (Lipinski definition) is 3. The average molecular weight is 363 g/mol. The van der Waals surface area contributed by atoms with Gasteiger partial charge in [-0.25, -0.2) is 4.79 Å². The van der Waals surface area contributed by atoms with Crippen LogP contribution < -0.4 is 11.0 Å². The van der Waals surface area contributed by atoms with E-state index in [9.17, 15) is 14.7 Å². The van der Waals surface area contributed by atoms with Crippen molar-refractivity contribution in [3.05, 3.63) is 58.6 Å². The largest absolute Gasteiger partial charge is 0.390 e. The summed E-state index contributed by atoms with van der Waals surface area (Å²) in [5.41, 5.74) is -0.124. The molecule has 2 heterocycles. The van der Waals surface area contributed by atoms with Crippen molar-refractivity contribution >= 4 is 24.6 Å². The number of carbonyl (C=O) groups is 1. The van der Waals surface area contributed by atoms with Gasteiger partial charge in [-0.15, -0.1) is 0 Å². The van der Waals surface area contributed by atoms with Crippen molar-refractivity contribution in [3.8, 4) is 0 Å². The van der Waals surface area contributed by atoms with E-state index in [0.717, 1.165) is 0 Å². The Kier molecular flexibility index (Phi) is 5.49. The van der Waals surface area contributed by atoms with E-state index in [4.69, 9.17) is 4.74 Å². The van der Waals surface area contributed by atoms with Crippen LogP contribution in [0.5, 0.6) is 0 Å². The van der Waals surface area contributed by atoms with E-state index in [1.54, 1.807) is 30.3 Å². The van der Waals surface area contributed by atoms with E-state index in [1.807, 2.05) is 0 Å². The normalized spacial score (nSPS) is 22.7. The fraction of sp³-hybridized carbons (Fsp3) is 0.312. The zero-order chi connectivity index (χ0) is 17.8. The van der Waals surface area contributed by atoms with Gasteiger partial charge in [-0.1, -0.05) is 18.2 Å². The third-order valence-corrected chi connectivity index (χ3v) is 4.01. The first kappa shape index (κ1) is 17.6. The number of thiol groups is 1. The van der Waals surface area contributed by atoms with Crippen LogP contribution in [0.15, 0.2) is 47.4 Å². The first-order valence-electron chi connectivity index (χ1n) is 7.64. The highest BCUT2D eigenvalue weighted by atomic mass is 32.1. The van der Waals surface area contributed by atoms with Crippen molar-refractivity contribution in [2.45, 2.75) is 24.9 Å². The third-order valence-electron chi connectivity index (χ3n) is 3.86. The van der Waals surface area contributed by atoms with Crippen LogP contribution in [-0.2, 0) is 8.92 Å². The summed E-state index contributed by atoms with van der Waals surface area (Å²) in [6.45, 7) is 0.105. The molecule has 3 rings (SSSR count). The number of aliphatic hydroxyl groups excluding tert-OH is 1. The lowest BCUT2D eigenvalue weighted by Gasteiger charge is -2.15. The Labute approximate surface area is 149 Å². The number of carbonyl (C=O) groups excluding carboxylic acids is 1. The number of aromatic nitrogens is 2. The average Bonchev–Trinajstić information content (AvgIpc) is 2.96. The molecular weight excluding hydrogens is 346 g/mol. The van der Waals surface area contributed by atoms with Crippen molar-refractivity contribution in [1.29, 1.82) is 0 Å². The van der Waals surface area contributed by atoms with Gasteiger partial charge >= 0.3 is 5.69 Å². The molecule has 0 aliphatic carbocycles. The second-order valence-corrected chi connectivity index (χ2v) is 5.81. The van der Waals surface area contributed by atoms with E-state index in [0.29, 0.717) is 5.56 Å². The van der Waals surface area contributed by atoms with Crippen molar-refractivity contribution in [2.75, 3.05) is 11.9 Å². The van der Waals surface area contributed by atoms with E-state index in [1.165, 1.54) is 16.8 Å². The summed E-state index contributed by atoms with van der Waals surface area (Å²) >= 11 is 3.64. The quantitative estimate of drug-likeness (QED) is 0.541. The molecule has 0 radical (unpaired) electrons. The molecule has 1 saturated heterocycles. The number of hydrogen-bond acceptors (Lipinski definition) is 7. The zero-order valence-corrected chi connectivity index (χ0v) is 14.0. The van der Waals surface area contributed by atoms with Crippen molar-refractivity contribution in [2.24, 2.45) is 0 Å². The van der Waals surface area contributed by atoms with Gasteiger partial charge in [0, 0.05) is 18.2 Å². The lowest BCUT2D eigenvalue weighted by atomic mass is 10.2. The summed E-state index contributed by atoms with van der Waals surface area (Å²) in [6.07, 6.45) is -0.271. The minimum Gasteiger partial charge on any atom is -0.390 e. The molecule has 0 unspecified atom stereocenters. The molecule has 1 aromatic heterocycles. The van der Waals surface area contributed by atoms with Crippen LogP contribution in [0.1, 0.15) is 23.0 Å². The van der Waals surface area contributed by atoms with Crippen LogP contribution in [0.4, 0.5) is 5.82 Å². The first-order valence-corrected chi connectivity index (χ1v) is 8.00. The van der Waals surface area contributed by atoms with Gasteiger partial charge in [0.2, 0.25) is 0 Å². The molecule has 1 aliphatic rings. The Morgan fingerprint density at radius 1 is 1.40 bits per heavy atom. The van der Waals surface area contributed by atoms with Crippen molar-refractivity contribution in [1.82, 2.24) is 9.55 Å². The lowest BCUT2D eigenvalue weighted by Crippen LogP contribution is -2.28. The maximum Gasteiger partial charge on any atom is 0.351 e. The van der Waals surface area contributed by atoms with E-state index in [-0.39, 0.29) is 24.8 Å². The molecule has 132 valence electrons. The molecular formula is C16H17N3O5S. The summed E-state index contributed by atoms with van der Waals surface area (Å²) in [6, 6.07) is 10.1. The molecule has 1 aliphatic heterocycles. The number of nitrogens with zero attached hydrogens (tertiary/aromatic N) is 2. The van der Waals surface area contributed by atoms with Gasteiger partial charge in [0.05, 0.1) is 12.7 Å². The van der Waals surface area contributed by atoms with Crippen molar-refractivity contribution in [3.63, 3.8) is 0 Å². The highest BCUT2D eigenvalue weighted by Crippen LogP contribution is 2.28. The van der Waals surface area contributed by atoms with E-state index < -0.39 is 24.1 Å². The summed E-state index contributed by atoms with van der Waals surface area (Å²) in [4.78, 5) is 28.1. The minimum absolute atomic E-state index is 0.105. The maximum atomic E-state index is 12.2. The topological polar surface area (TPSA) is 103 Å². The lowest BCUT2D eigenvalue weighted by molar-refractivity contribution is -0.0375. The van der Waals surface area contributed by atoms with Gasteiger partial charge in [0.25, 0.3) is 5.91 Å². The van der Waals surface area contributed by atoms with Gasteiger partial charge in [-0.3, -0.25) is 9.36 Å². The molecule has 1 amide bonds. The summed E-state index contributed by atoms with van der Waals surface area (Å²) in [5, 5.41) is 12.5. The van der Waals surface area contributed by atoms with E-state index >= 15 is 0 Å². The number of benzene rings is 1. The molecule has 2 N–H and O–H groups in total. The van der Waals surface area contributed by atoms with Gasteiger partial charge < -0.3 is 19.3 Å². The van der Waals surface area contributed by atoms with Crippen LogP contribution in [0.2, 0.25) is 0 Å². The predicted molar refractivity (Wildman–Crippen MR) is 92.4 cm³/mol. The SMILES string of the molecule is O=C(Nc1ccn([C@H]2C[C@H](O)[C@@H](COS)O2)c(=O)n1)c1ccccc1. The van der Waals surface area contributed by atoms with Crippen molar-refractivity contribution < 1.29 is 18.8 Å². The van der Waals surface area contributed by atoms with Crippen LogP contribution in [0, 0.1) is 0 Å². The second kappa shape index (κ2) is 7.79. The summed E-state index contributed by atoms with van der Waals surface area (Å²) in [5.74, 6) is -0.215. The Morgan fingerprint density at radius 2 is 2.16 bits per heavy atom. The summed E-state index contributed by atoms with van der Waals surface area (Å²) in [7, 11) is 0. The smallest absolute Gasteiger partial charge is 0.351 e. The Morgan fingerprint density at radius 3 is 2.84 bits per heavy atom. The highest BCUT2D eigenvalue weighted by molar-refractivity contribution is 7.75. The van der Waals surface area contributed by atoms with Gasteiger partial charge in [-0.2, -0.15) is 4.98 Å². The molecule has 9 heteroatoms. The maximum absolute atomic E-state index is 12.2. The van der Waals surface area contributed by atoms with Gasteiger partial charge in [0.1, 0.15) is 18.1 Å². The molecule has 1 aromatic carbocycles. The number of aliphatic hydroxyl groups is 1. The third kappa shape index (κ3) is 4.07. The molecule has 8 nitrogen and oxygen atoms in total. The van der Waals surface area contributed by atoms with Crippen LogP contribution in [0.25, 0.3) is 0 Å². The number of amides is 1. The zero-order valence-electron chi connectivity index (χ0n) is 13.1.